The minimum Gasteiger partial charge on any atom is -0.364 e. The lowest BCUT2D eigenvalue weighted by Crippen LogP contribution is -2.29. The quantitative estimate of drug-likeness (QED) is 0.900. The summed E-state index contributed by atoms with van der Waals surface area (Å²) < 4.78 is 5.59. The first-order valence-electron chi connectivity index (χ1n) is 7.72. The maximum atomic E-state index is 12.2. The lowest BCUT2D eigenvalue weighted by atomic mass is 10.1. The molecule has 1 aliphatic heterocycles. The Hall–Kier alpha value is -2.31. The van der Waals surface area contributed by atoms with Crippen LogP contribution in [0.1, 0.15) is 18.5 Å². The number of rotatable bonds is 4. The van der Waals surface area contributed by atoms with Crippen molar-refractivity contribution in [1.82, 2.24) is 9.97 Å². The number of aryl methyl sites for hydroxylation is 1. The van der Waals surface area contributed by atoms with Gasteiger partial charge in [0.15, 0.2) is 5.82 Å². The summed E-state index contributed by atoms with van der Waals surface area (Å²) in [5.74, 6) is 0.549. The molecule has 2 heterocycles. The Balaban J connectivity index is 1.65. The van der Waals surface area contributed by atoms with E-state index in [2.05, 4.69) is 15.3 Å². The molecule has 6 heteroatoms. The SMILES string of the molecule is Cc1ccnc(-c2ccc(NC(=O)[C@@H]3CC[C@H](CN)O3)cc2)n1. The van der Waals surface area contributed by atoms with E-state index in [4.69, 9.17) is 10.5 Å². The normalized spacial score (nSPS) is 20.4. The number of anilines is 1. The number of nitrogens with zero attached hydrogens (tertiary/aromatic N) is 2. The van der Waals surface area contributed by atoms with Gasteiger partial charge in [0.05, 0.1) is 6.10 Å². The molecule has 0 saturated carbocycles. The summed E-state index contributed by atoms with van der Waals surface area (Å²) >= 11 is 0. The van der Waals surface area contributed by atoms with Gasteiger partial charge in [-0.1, -0.05) is 0 Å². The molecular formula is C17H20N4O2. The molecule has 0 radical (unpaired) electrons. The second-order valence-electron chi connectivity index (χ2n) is 5.65. The van der Waals surface area contributed by atoms with Crippen molar-refractivity contribution in [3.8, 4) is 11.4 Å². The summed E-state index contributed by atoms with van der Waals surface area (Å²) in [7, 11) is 0. The van der Waals surface area contributed by atoms with Crippen LogP contribution in [0.5, 0.6) is 0 Å². The van der Waals surface area contributed by atoms with E-state index in [1.165, 1.54) is 0 Å². The highest BCUT2D eigenvalue weighted by molar-refractivity contribution is 5.94. The standard InChI is InChI=1S/C17H20N4O2/c1-11-8-9-19-16(20-11)12-2-4-13(5-3-12)21-17(22)15-7-6-14(10-18)23-15/h2-5,8-9,14-15H,6-7,10,18H2,1H3,(H,21,22)/t14-,15+/m1/s1. The molecule has 1 aromatic carbocycles. The Morgan fingerprint density at radius 1 is 1.30 bits per heavy atom. The van der Waals surface area contributed by atoms with E-state index in [1.807, 2.05) is 37.3 Å². The number of nitrogens with two attached hydrogens (primary N) is 1. The molecule has 1 amide bonds. The number of amides is 1. The summed E-state index contributed by atoms with van der Waals surface area (Å²) in [4.78, 5) is 20.8. The van der Waals surface area contributed by atoms with Crippen LogP contribution in [-0.4, -0.2) is 34.6 Å². The molecule has 0 aliphatic carbocycles. The smallest absolute Gasteiger partial charge is 0.253 e. The molecular weight excluding hydrogens is 292 g/mol. The van der Waals surface area contributed by atoms with Crippen molar-refractivity contribution in [2.24, 2.45) is 5.73 Å². The van der Waals surface area contributed by atoms with E-state index >= 15 is 0 Å². The molecule has 1 saturated heterocycles. The van der Waals surface area contributed by atoms with Gasteiger partial charge in [0, 0.05) is 29.7 Å². The molecule has 23 heavy (non-hydrogen) atoms. The zero-order valence-corrected chi connectivity index (χ0v) is 13.0. The molecule has 2 atom stereocenters. The van der Waals surface area contributed by atoms with E-state index in [0.717, 1.165) is 23.4 Å². The second kappa shape index (κ2) is 6.85. The lowest BCUT2D eigenvalue weighted by Gasteiger charge is -2.13. The van der Waals surface area contributed by atoms with Crippen molar-refractivity contribution in [3.63, 3.8) is 0 Å². The fourth-order valence-electron chi connectivity index (χ4n) is 2.59. The van der Waals surface area contributed by atoms with Crippen LogP contribution in [0.15, 0.2) is 36.5 Å². The average Bonchev–Trinajstić information content (AvgIpc) is 3.05. The van der Waals surface area contributed by atoms with Crippen molar-refractivity contribution in [2.45, 2.75) is 32.0 Å². The third-order valence-corrected chi connectivity index (χ3v) is 3.87. The zero-order valence-electron chi connectivity index (χ0n) is 13.0. The van der Waals surface area contributed by atoms with Crippen molar-refractivity contribution in [2.75, 3.05) is 11.9 Å². The first-order chi connectivity index (χ1) is 11.2. The molecule has 120 valence electrons. The molecule has 0 bridgehead atoms. The fourth-order valence-corrected chi connectivity index (χ4v) is 2.59. The molecule has 3 N–H and O–H groups in total. The van der Waals surface area contributed by atoms with Gasteiger partial charge in [0.1, 0.15) is 6.10 Å². The number of carbonyl (C=O) groups is 1. The third kappa shape index (κ3) is 3.72. The van der Waals surface area contributed by atoms with Crippen LogP contribution in [0.25, 0.3) is 11.4 Å². The summed E-state index contributed by atoms with van der Waals surface area (Å²) in [6.45, 7) is 2.38. The van der Waals surface area contributed by atoms with Gasteiger partial charge >= 0.3 is 0 Å². The molecule has 6 nitrogen and oxygen atoms in total. The van der Waals surface area contributed by atoms with Crippen molar-refractivity contribution in [1.29, 1.82) is 0 Å². The summed E-state index contributed by atoms with van der Waals surface area (Å²) in [5.41, 5.74) is 8.12. The van der Waals surface area contributed by atoms with Crippen molar-refractivity contribution < 1.29 is 9.53 Å². The molecule has 1 fully saturated rings. The van der Waals surface area contributed by atoms with Crippen LogP contribution in [0.3, 0.4) is 0 Å². The van der Waals surface area contributed by atoms with E-state index in [0.29, 0.717) is 18.8 Å². The van der Waals surface area contributed by atoms with Gasteiger partial charge in [-0.3, -0.25) is 4.79 Å². The monoisotopic (exact) mass is 312 g/mol. The first-order valence-corrected chi connectivity index (χ1v) is 7.72. The number of hydrogen-bond donors (Lipinski definition) is 2. The van der Waals surface area contributed by atoms with Gasteiger partial charge in [0.2, 0.25) is 0 Å². The number of carbonyl (C=O) groups excluding carboxylic acids is 1. The molecule has 1 aliphatic rings. The molecule has 1 aromatic heterocycles. The van der Waals surface area contributed by atoms with E-state index in [-0.39, 0.29) is 12.0 Å². The number of nitrogens with one attached hydrogen (secondary N) is 1. The zero-order chi connectivity index (χ0) is 16.2. The lowest BCUT2D eigenvalue weighted by molar-refractivity contribution is -0.126. The van der Waals surface area contributed by atoms with Crippen LogP contribution in [-0.2, 0) is 9.53 Å². The van der Waals surface area contributed by atoms with Crippen LogP contribution >= 0.6 is 0 Å². The maximum Gasteiger partial charge on any atom is 0.253 e. The Kier molecular flexibility index (Phi) is 4.64. The Morgan fingerprint density at radius 3 is 2.74 bits per heavy atom. The summed E-state index contributed by atoms with van der Waals surface area (Å²) in [5, 5.41) is 2.87. The number of benzene rings is 1. The molecule has 3 rings (SSSR count). The van der Waals surface area contributed by atoms with E-state index in [9.17, 15) is 4.79 Å². The Labute approximate surface area is 135 Å². The largest absolute Gasteiger partial charge is 0.364 e. The first kappa shape index (κ1) is 15.6. The van der Waals surface area contributed by atoms with Gasteiger partial charge in [0.25, 0.3) is 5.91 Å². The fraction of sp³-hybridized carbons (Fsp3) is 0.353. The predicted molar refractivity (Wildman–Crippen MR) is 87.8 cm³/mol. The highest BCUT2D eigenvalue weighted by Gasteiger charge is 2.29. The van der Waals surface area contributed by atoms with Crippen LogP contribution in [0, 0.1) is 6.92 Å². The molecule has 2 aromatic rings. The number of ether oxygens (including phenoxy) is 1. The van der Waals surface area contributed by atoms with Crippen molar-refractivity contribution in [3.05, 3.63) is 42.2 Å². The Morgan fingerprint density at radius 2 is 2.09 bits per heavy atom. The van der Waals surface area contributed by atoms with Crippen molar-refractivity contribution >= 4 is 11.6 Å². The number of hydrogen-bond acceptors (Lipinski definition) is 5. The third-order valence-electron chi connectivity index (χ3n) is 3.87. The van der Waals surface area contributed by atoms with E-state index < -0.39 is 6.10 Å². The van der Waals surface area contributed by atoms with Gasteiger partial charge in [-0.2, -0.15) is 0 Å². The minimum absolute atomic E-state index is 0.00778. The topological polar surface area (TPSA) is 90.1 Å². The summed E-state index contributed by atoms with van der Waals surface area (Å²) in [6, 6.07) is 9.32. The highest BCUT2D eigenvalue weighted by Crippen LogP contribution is 2.22. The minimum atomic E-state index is -0.414. The highest BCUT2D eigenvalue weighted by atomic mass is 16.5. The molecule has 0 spiro atoms. The van der Waals surface area contributed by atoms with Gasteiger partial charge < -0.3 is 15.8 Å². The van der Waals surface area contributed by atoms with Crippen LogP contribution < -0.4 is 11.1 Å². The predicted octanol–water partition coefficient (Wildman–Crippen LogP) is 1.90. The molecule has 0 unspecified atom stereocenters. The van der Waals surface area contributed by atoms with Crippen LogP contribution in [0.2, 0.25) is 0 Å². The van der Waals surface area contributed by atoms with Gasteiger partial charge in [-0.05, 0) is 50.1 Å². The average molecular weight is 312 g/mol. The maximum absolute atomic E-state index is 12.2. The van der Waals surface area contributed by atoms with Gasteiger partial charge in [-0.15, -0.1) is 0 Å². The Bertz CT molecular complexity index is 687. The van der Waals surface area contributed by atoms with Gasteiger partial charge in [-0.25, -0.2) is 9.97 Å². The summed E-state index contributed by atoms with van der Waals surface area (Å²) in [6.07, 6.45) is 2.86. The number of aromatic nitrogens is 2. The van der Waals surface area contributed by atoms with E-state index in [1.54, 1.807) is 6.20 Å². The van der Waals surface area contributed by atoms with Crippen LogP contribution in [0.4, 0.5) is 5.69 Å². The second-order valence-corrected chi connectivity index (χ2v) is 5.65.